The Morgan fingerprint density at radius 3 is 2.34 bits per heavy atom. The molecule has 2 heterocycles. The molecule has 2 N–H and O–H groups in total. The lowest BCUT2D eigenvalue weighted by atomic mass is 10.2. The Kier molecular flexibility index (Phi) is 4.03. The van der Waals surface area contributed by atoms with Crippen LogP contribution in [0.15, 0.2) is 46.3 Å². The van der Waals surface area contributed by atoms with Crippen molar-refractivity contribution in [1.29, 1.82) is 0 Å². The van der Waals surface area contributed by atoms with Gasteiger partial charge in [0.2, 0.25) is 0 Å². The summed E-state index contributed by atoms with van der Waals surface area (Å²) in [5, 5.41) is 0.151. The number of sulfone groups is 1. The molecule has 29 heavy (non-hydrogen) atoms. The standard InChI is InChI=1S/C16H11F3N2O6S2/c1-28(22,23)8-2-3-9-11(4-8)20-7-15(9)29(24,25)21-12-6-14-13(5-10(12)17)26-16(18,19)27-14/h2-7,20-21H,1H3. The SMILES string of the molecule is CS(=O)(=O)c1ccc2c(S(=O)(=O)Nc3cc4c(cc3F)OC(F)(F)O4)c[nH]c2c1. The molecule has 0 saturated carbocycles. The smallest absolute Gasteiger partial charge is 0.395 e. The van der Waals surface area contributed by atoms with Crippen molar-refractivity contribution in [2.24, 2.45) is 0 Å². The second-order valence-electron chi connectivity index (χ2n) is 6.18. The van der Waals surface area contributed by atoms with E-state index in [4.69, 9.17) is 0 Å². The Morgan fingerprint density at radius 2 is 1.69 bits per heavy atom. The largest absolute Gasteiger partial charge is 0.586 e. The molecule has 154 valence electrons. The summed E-state index contributed by atoms with van der Waals surface area (Å²) in [5.41, 5.74) is -0.411. The molecular formula is C16H11F3N2O6S2. The van der Waals surface area contributed by atoms with Crippen molar-refractivity contribution in [2.45, 2.75) is 16.1 Å². The molecule has 1 aromatic heterocycles. The van der Waals surface area contributed by atoms with Crippen molar-refractivity contribution in [3.8, 4) is 11.5 Å². The molecular weight excluding hydrogens is 437 g/mol. The molecule has 4 rings (SSSR count). The van der Waals surface area contributed by atoms with Gasteiger partial charge in [-0.3, -0.25) is 4.72 Å². The molecule has 0 unspecified atom stereocenters. The minimum Gasteiger partial charge on any atom is -0.395 e. The van der Waals surface area contributed by atoms with Crippen LogP contribution < -0.4 is 14.2 Å². The van der Waals surface area contributed by atoms with Gasteiger partial charge in [0.1, 0.15) is 4.90 Å². The summed E-state index contributed by atoms with van der Waals surface area (Å²) in [6, 6.07) is 5.08. The van der Waals surface area contributed by atoms with Crippen molar-refractivity contribution in [3.05, 3.63) is 42.3 Å². The van der Waals surface area contributed by atoms with Gasteiger partial charge < -0.3 is 14.5 Å². The van der Waals surface area contributed by atoms with E-state index in [-0.39, 0.29) is 20.7 Å². The average molecular weight is 448 g/mol. The number of sulfonamides is 1. The second-order valence-corrected chi connectivity index (χ2v) is 9.85. The van der Waals surface area contributed by atoms with Gasteiger partial charge in [-0.2, -0.15) is 0 Å². The van der Waals surface area contributed by atoms with Crippen molar-refractivity contribution in [1.82, 2.24) is 4.98 Å². The van der Waals surface area contributed by atoms with Gasteiger partial charge in [-0.1, -0.05) is 6.07 Å². The third-order valence-corrected chi connectivity index (χ3v) is 6.58. The molecule has 2 aromatic carbocycles. The highest BCUT2D eigenvalue weighted by Gasteiger charge is 2.44. The number of hydrogen-bond donors (Lipinski definition) is 2. The number of nitrogens with one attached hydrogen (secondary N) is 2. The molecule has 1 aliphatic rings. The molecule has 0 fully saturated rings. The molecule has 0 saturated heterocycles. The van der Waals surface area contributed by atoms with Crippen LogP contribution in [0.3, 0.4) is 0 Å². The fourth-order valence-electron chi connectivity index (χ4n) is 2.78. The van der Waals surface area contributed by atoms with Crippen molar-refractivity contribution >= 4 is 36.5 Å². The molecule has 13 heteroatoms. The van der Waals surface area contributed by atoms with Crippen LogP contribution in [-0.2, 0) is 19.9 Å². The Morgan fingerprint density at radius 1 is 1.03 bits per heavy atom. The van der Waals surface area contributed by atoms with Crippen molar-refractivity contribution in [3.63, 3.8) is 0 Å². The van der Waals surface area contributed by atoms with Crippen LogP contribution in [0.5, 0.6) is 11.5 Å². The molecule has 3 aromatic rings. The molecule has 0 amide bonds. The quantitative estimate of drug-likeness (QED) is 0.634. The van der Waals surface area contributed by atoms with Crippen LogP contribution in [0.1, 0.15) is 0 Å². The summed E-state index contributed by atoms with van der Waals surface area (Å²) in [6.07, 6.45) is -1.89. The molecule has 0 bridgehead atoms. The van der Waals surface area contributed by atoms with Crippen LogP contribution in [0.25, 0.3) is 10.9 Å². The monoisotopic (exact) mass is 448 g/mol. The van der Waals surface area contributed by atoms with Gasteiger partial charge in [0.25, 0.3) is 10.0 Å². The number of H-pyrrole nitrogens is 1. The Bertz CT molecular complexity index is 1370. The Labute approximate surface area is 162 Å². The van der Waals surface area contributed by atoms with E-state index in [1.165, 1.54) is 18.2 Å². The fraction of sp³-hybridized carbons (Fsp3) is 0.125. The molecule has 8 nitrogen and oxygen atoms in total. The number of ether oxygens (including phenoxy) is 2. The number of halogens is 3. The molecule has 0 atom stereocenters. The molecule has 0 spiro atoms. The van der Waals surface area contributed by atoms with Crippen LogP contribution in [-0.4, -0.2) is 34.4 Å². The summed E-state index contributed by atoms with van der Waals surface area (Å²) in [5.74, 6) is -2.27. The number of benzene rings is 2. The van der Waals surface area contributed by atoms with Gasteiger partial charge in [0, 0.05) is 35.5 Å². The van der Waals surface area contributed by atoms with E-state index in [2.05, 4.69) is 14.5 Å². The first-order chi connectivity index (χ1) is 13.4. The number of fused-ring (bicyclic) bond motifs is 2. The first-order valence-electron chi connectivity index (χ1n) is 7.79. The van der Waals surface area contributed by atoms with Crippen molar-refractivity contribution in [2.75, 3.05) is 11.0 Å². The maximum absolute atomic E-state index is 14.2. The van der Waals surface area contributed by atoms with Gasteiger partial charge in [0.15, 0.2) is 27.2 Å². The first kappa shape index (κ1) is 19.4. The minimum atomic E-state index is -4.37. The fourth-order valence-corrected chi connectivity index (χ4v) is 4.67. The normalized spacial score (nSPS) is 15.6. The minimum absolute atomic E-state index is 0.0218. The van der Waals surface area contributed by atoms with E-state index >= 15 is 0 Å². The van der Waals surface area contributed by atoms with Crippen molar-refractivity contribution < 1.29 is 39.5 Å². The van der Waals surface area contributed by atoms with Gasteiger partial charge in [-0.05, 0) is 12.1 Å². The predicted molar refractivity (Wildman–Crippen MR) is 94.8 cm³/mol. The van der Waals surface area contributed by atoms with E-state index in [0.29, 0.717) is 6.07 Å². The lowest BCUT2D eigenvalue weighted by Crippen LogP contribution is -2.25. The zero-order valence-electron chi connectivity index (χ0n) is 14.4. The third kappa shape index (κ3) is 3.46. The van der Waals surface area contributed by atoms with Gasteiger partial charge >= 0.3 is 6.29 Å². The summed E-state index contributed by atoms with van der Waals surface area (Å²) in [4.78, 5) is 2.32. The van der Waals surface area contributed by atoms with Gasteiger partial charge in [0.05, 0.1) is 10.6 Å². The summed E-state index contributed by atoms with van der Waals surface area (Å²) >= 11 is 0. The maximum atomic E-state index is 14.2. The van der Waals surface area contributed by atoms with Crippen LogP contribution in [0.4, 0.5) is 18.9 Å². The highest BCUT2D eigenvalue weighted by molar-refractivity contribution is 7.93. The summed E-state index contributed by atoms with van der Waals surface area (Å²) in [7, 11) is -7.88. The Balaban J connectivity index is 1.72. The average Bonchev–Trinajstić information content (AvgIpc) is 3.13. The van der Waals surface area contributed by atoms with Gasteiger partial charge in [-0.25, -0.2) is 21.2 Å². The topological polar surface area (TPSA) is 115 Å². The van der Waals surface area contributed by atoms with Crippen LogP contribution in [0, 0.1) is 5.82 Å². The highest BCUT2D eigenvalue weighted by atomic mass is 32.2. The van der Waals surface area contributed by atoms with E-state index in [9.17, 15) is 30.0 Å². The highest BCUT2D eigenvalue weighted by Crippen LogP contribution is 2.43. The van der Waals surface area contributed by atoms with E-state index in [1.54, 1.807) is 0 Å². The predicted octanol–water partition coefficient (Wildman–Crippen LogP) is 2.83. The first-order valence-corrected chi connectivity index (χ1v) is 11.2. The van der Waals surface area contributed by atoms with E-state index < -0.39 is 49.2 Å². The molecule has 1 aliphatic heterocycles. The number of anilines is 1. The number of aromatic amines is 1. The number of rotatable bonds is 4. The van der Waals surface area contributed by atoms with Crippen LogP contribution >= 0.6 is 0 Å². The third-order valence-electron chi connectivity index (χ3n) is 4.07. The number of aromatic nitrogens is 1. The summed E-state index contributed by atoms with van der Waals surface area (Å²) < 4.78 is 99.3. The van der Waals surface area contributed by atoms with Crippen LogP contribution in [0.2, 0.25) is 0 Å². The maximum Gasteiger partial charge on any atom is 0.586 e. The van der Waals surface area contributed by atoms with E-state index in [0.717, 1.165) is 18.5 Å². The zero-order valence-corrected chi connectivity index (χ0v) is 16.0. The number of hydrogen-bond acceptors (Lipinski definition) is 6. The number of alkyl halides is 2. The van der Waals surface area contributed by atoms with Gasteiger partial charge in [-0.15, -0.1) is 8.78 Å². The Hall–Kier alpha value is -2.93. The molecule has 0 radical (unpaired) electrons. The lowest BCUT2D eigenvalue weighted by Gasteiger charge is -2.09. The second kappa shape index (κ2) is 6.03. The molecule has 0 aliphatic carbocycles. The zero-order chi connectivity index (χ0) is 21.2. The summed E-state index contributed by atoms with van der Waals surface area (Å²) in [6.45, 7) is 0. The lowest BCUT2D eigenvalue weighted by molar-refractivity contribution is -0.286. The van der Waals surface area contributed by atoms with E-state index in [1.807, 2.05) is 4.72 Å².